The number of hydroxylamine groups is 1. The van der Waals surface area contributed by atoms with Gasteiger partial charge in [0.05, 0.1) is 17.9 Å². The molecule has 19 heavy (non-hydrogen) atoms. The summed E-state index contributed by atoms with van der Waals surface area (Å²) in [5.41, 5.74) is 4.77. The van der Waals surface area contributed by atoms with Gasteiger partial charge in [-0.2, -0.15) is 5.10 Å². The Bertz CT molecular complexity index is 549. The van der Waals surface area contributed by atoms with Crippen LogP contribution in [0.3, 0.4) is 0 Å². The second-order valence-corrected chi connectivity index (χ2v) is 4.22. The molecule has 0 saturated carbocycles. The Morgan fingerprint density at radius 3 is 2.79 bits per heavy atom. The van der Waals surface area contributed by atoms with Crippen molar-refractivity contribution >= 4 is 5.91 Å². The number of hydrogen-bond acceptors (Lipinski definition) is 3. The van der Waals surface area contributed by atoms with Crippen molar-refractivity contribution in [3.8, 4) is 0 Å². The molecule has 1 amide bonds. The molecule has 0 unspecified atom stereocenters. The first-order chi connectivity index (χ1) is 9.20. The lowest BCUT2D eigenvalue weighted by molar-refractivity contribution is 0.0233. The lowest BCUT2D eigenvalue weighted by Crippen LogP contribution is -2.24. The summed E-state index contributed by atoms with van der Waals surface area (Å²) in [6, 6.07) is 9.67. The van der Waals surface area contributed by atoms with Crippen molar-refractivity contribution in [3.63, 3.8) is 0 Å². The van der Waals surface area contributed by atoms with E-state index in [2.05, 4.69) is 10.6 Å². The summed E-state index contributed by atoms with van der Waals surface area (Å²) in [5, 5.41) is 4.22. The van der Waals surface area contributed by atoms with Crippen LogP contribution >= 0.6 is 0 Å². The Morgan fingerprint density at radius 1 is 1.37 bits per heavy atom. The van der Waals surface area contributed by atoms with Crippen LogP contribution in [0.4, 0.5) is 0 Å². The Kier molecular flexibility index (Phi) is 4.30. The summed E-state index contributed by atoms with van der Waals surface area (Å²) < 4.78 is 1.63. The number of carbonyl (C=O) groups is 1. The van der Waals surface area contributed by atoms with Crippen molar-refractivity contribution in [1.82, 2.24) is 15.3 Å². The van der Waals surface area contributed by atoms with Gasteiger partial charge < -0.3 is 0 Å². The van der Waals surface area contributed by atoms with Gasteiger partial charge in [-0.25, -0.2) is 5.48 Å². The second kappa shape index (κ2) is 6.15. The maximum atomic E-state index is 11.9. The van der Waals surface area contributed by atoms with Crippen molar-refractivity contribution in [2.24, 2.45) is 7.05 Å². The molecule has 0 spiro atoms. The molecule has 2 rings (SSSR count). The fourth-order valence-corrected chi connectivity index (χ4v) is 1.80. The molecule has 2 aromatic rings. The number of amides is 1. The molecule has 1 N–H and O–H groups in total. The number of nitrogens with one attached hydrogen (secondary N) is 1. The van der Waals surface area contributed by atoms with Crippen molar-refractivity contribution in [3.05, 3.63) is 53.3 Å². The molecule has 0 bridgehead atoms. The van der Waals surface area contributed by atoms with Crippen LogP contribution in [0.15, 0.2) is 36.5 Å². The van der Waals surface area contributed by atoms with Gasteiger partial charge in [0.25, 0.3) is 5.91 Å². The molecule has 0 aliphatic carbocycles. The Labute approximate surface area is 112 Å². The predicted molar refractivity (Wildman–Crippen MR) is 71.3 cm³/mol. The minimum Gasteiger partial charge on any atom is -0.275 e. The van der Waals surface area contributed by atoms with E-state index in [9.17, 15) is 4.79 Å². The monoisotopic (exact) mass is 259 g/mol. The first-order valence-electron chi connectivity index (χ1n) is 6.19. The zero-order valence-electron chi connectivity index (χ0n) is 11.1. The Balaban J connectivity index is 1.91. The SMILES string of the molecule is CCc1nn(C)cc1C(=O)NOCc1ccccc1. The van der Waals surface area contributed by atoms with Gasteiger partial charge in [0.2, 0.25) is 0 Å². The predicted octanol–water partition coefficient (Wildman–Crippen LogP) is 1.84. The first-order valence-corrected chi connectivity index (χ1v) is 6.19. The van der Waals surface area contributed by atoms with E-state index in [1.807, 2.05) is 37.3 Å². The number of benzene rings is 1. The minimum atomic E-state index is -0.263. The van der Waals surface area contributed by atoms with Crippen LogP contribution in [-0.2, 0) is 24.9 Å². The summed E-state index contributed by atoms with van der Waals surface area (Å²) in [6.07, 6.45) is 2.41. The van der Waals surface area contributed by atoms with Gasteiger partial charge >= 0.3 is 0 Å². The number of rotatable bonds is 5. The molecule has 0 aliphatic heterocycles. The van der Waals surface area contributed by atoms with Gasteiger partial charge in [0.15, 0.2) is 0 Å². The van der Waals surface area contributed by atoms with Crippen molar-refractivity contribution in [2.45, 2.75) is 20.0 Å². The molecule has 0 saturated heterocycles. The van der Waals surface area contributed by atoms with E-state index in [0.29, 0.717) is 18.6 Å². The lowest BCUT2D eigenvalue weighted by atomic mass is 10.2. The average molecular weight is 259 g/mol. The first kappa shape index (κ1) is 13.3. The molecule has 5 heteroatoms. The fraction of sp³-hybridized carbons (Fsp3) is 0.286. The van der Waals surface area contributed by atoms with E-state index >= 15 is 0 Å². The molecule has 1 heterocycles. The smallest absolute Gasteiger partial charge is 0.275 e. The third kappa shape index (κ3) is 3.42. The Morgan fingerprint density at radius 2 is 2.11 bits per heavy atom. The normalized spacial score (nSPS) is 10.4. The number of aromatic nitrogens is 2. The highest BCUT2D eigenvalue weighted by atomic mass is 16.6. The molecular formula is C14H17N3O2. The molecule has 0 atom stereocenters. The number of nitrogens with zero attached hydrogens (tertiary/aromatic N) is 2. The van der Waals surface area contributed by atoms with Crippen LogP contribution in [0.2, 0.25) is 0 Å². The van der Waals surface area contributed by atoms with E-state index in [4.69, 9.17) is 4.84 Å². The van der Waals surface area contributed by atoms with Crippen LogP contribution in [0, 0.1) is 0 Å². The minimum absolute atomic E-state index is 0.263. The maximum absolute atomic E-state index is 11.9. The van der Waals surface area contributed by atoms with Crippen LogP contribution < -0.4 is 5.48 Å². The fourth-order valence-electron chi connectivity index (χ4n) is 1.80. The third-order valence-corrected chi connectivity index (χ3v) is 2.73. The molecule has 0 fully saturated rings. The lowest BCUT2D eigenvalue weighted by Gasteiger charge is -2.05. The summed E-state index contributed by atoms with van der Waals surface area (Å²) in [6.45, 7) is 2.30. The van der Waals surface area contributed by atoms with Crippen molar-refractivity contribution in [1.29, 1.82) is 0 Å². The summed E-state index contributed by atoms with van der Waals surface area (Å²) >= 11 is 0. The van der Waals surface area contributed by atoms with Crippen LogP contribution in [0.1, 0.15) is 28.5 Å². The average Bonchev–Trinajstić information content (AvgIpc) is 2.81. The highest BCUT2D eigenvalue weighted by Crippen LogP contribution is 2.07. The summed E-state index contributed by atoms with van der Waals surface area (Å²) in [7, 11) is 1.79. The molecule has 1 aromatic carbocycles. The van der Waals surface area contributed by atoms with Crippen molar-refractivity contribution < 1.29 is 9.63 Å². The molecular weight excluding hydrogens is 242 g/mol. The number of aryl methyl sites for hydroxylation is 2. The Hall–Kier alpha value is -2.14. The van der Waals surface area contributed by atoms with Gasteiger partial charge in [-0.15, -0.1) is 0 Å². The van der Waals surface area contributed by atoms with E-state index in [0.717, 1.165) is 11.3 Å². The van der Waals surface area contributed by atoms with Crippen LogP contribution in [-0.4, -0.2) is 15.7 Å². The van der Waals surface area contributed by atoms with Crippen LogP contribution in [0.5, 0.6) is 0 Å². The molecule has 1 aromatic heterocycles. The van der Waals surface area contributed by atoms with Gasteiger partial charge in [0, 0.05) is 13.2 Å². The van der Waals surface area contributed by atoms with Crippen LogP contribution in [0.25, 0.3) is 0 Å². The van der Waals surface area contributed by atoms with Gasteiger partial charge in [-0.3, -0.25) is 14.3 Å². The van der Waals surface area contributed by atoms with Gasteiger partial charge in [0.1, 0.15) is 0 Å². The zero-order chi connectivity index (χ0) is 13.7. The summed E-state index contributed by atoms with van der Waals surface area (Å²) in [5.74, 6) is -0.263. The van der Waals surface area contributed by atoms with Gasteiger partial charge in [-0.1, -0.05) is 37.3 Å². The highest BCUT2D eigenvalue weighted by molar-refractivity contribution is 5.94. The van der Waals surface area contributed by atoms with E-state index in [1.54, 1.807) is 17.9 Å². The van der Waals surface area contributed by atoms with E-state index in [1.165, 1.54) is 0 Å². The number of hydrogen-bond donors (Lipinski definition) is 1. The largest absolute Gasteiger partial charge is 0.278 e. The standard InChI is InChI=1S/C14H17N3O2/c1-3-13-12(9-17(2)15-13)14(18)16-19-10-11-7-5-4-6-8-11/h4-9H,3,10H2,1-2H3,(H,16,18). The maximum Gasteiger partial charge on any atom is 0.278 e. The molecule has 0 aliphatic rings. The van der Waals surface area contributed by atoms with E-state index < -0.39 is 0 Å². The third-order valence-electron chi connectivity index (χ3n) is 2.73. The number of carbonyl (C=O) groups excluding carboxylic acids is 1. The topological polar surface area (TPSA) is 56.2 Å². The molecule has 5 nitrogen and oxygen atoms in total. The highest BCUT2D eigenvalue weighted by Gasteiger charge is 2.14. The zero-order valence-corrected chi connectivity index (χ0v) is 11.1. The quantitative estimate of drug-likeness (QED) is 0.834. The second-order valence-electron chi connectivity index (χ2n) is 4.22. The molecule has 100 valence electrons. The summed E-state index contributed by atoms with van der Waals surface area (Å²) in [4.78, 5) is 17.1. The van der Waals surface area contributed by atoms with Gasteiger partial charge in [-0.05, 0) is 12.0 Å². The molecule has 0 radical (unpaired) electrons. The van der Waals surface area contributed by atoms with Crippen molar-refractivity contribution in [2.75, 3.05) is 0 Å². The van der Waals surface area contributed by atoms with E-state index in [-0.39, 0.29) is 5.91 Å².